The third kappa shape index (κ3) is 3.07. The van der Waals surface area contributed by atoms with Crippen LogP contribution in [-0.4, -0.2) is 27.7 Å². The number of carboxylic acid groups (broad SMARTS) is 1. The second-order valence-electron chi connectivity index (χ2n) is 4.23. The van der Waals surface area contributed by atoms with Gasteiger partial charge in [-0.15, -0.1) is 6.58 Å². The van der Waals surface area contributed by atoms with Crippen molar-refractivity contribution in [3.63, 3.8) is 0 Å². The van der Waals surface area contributed by atoms with E-state index in [1.165, 1.54) is 0 Å². The van der Waals surface area contributed by atoms with Crippen LogP contribution in [0.5, 0.6) is 5.88 Å². The van der Waals surface area contributed by atoms with Gasteiger partial charge in [0.25, 0.3) is 0 Å². The molecule has 1 N–H and O–H groups in total. The fourth-order valence-corrected chi connectivity index (χ4v) is 1.58. The Morgan fingerprint density at radius 1 is 1.37 bits per heavy atom. The summed E-state index contributed by atoms with van der Waals surface area (Å²) in [6, 6.07) is 7.16. The molecule has 5 heteroatoms. The number of ether oxygens (including phenoxy) is 1. The molecule has 0 unspecified atom stereocenters. The predicted octanol–water partition coefficient (Wildman–Crippen LogP) is 2.67. The molecule has 2 rings (SSSR count). The number of benzene rings is 1. The molecule has 0 atom stereocenters. The maximum Gasteiger partial charge on any atom is 0.374 e. The molecule has 0 spiro atoms. The first kappa shape index (κ1) is 13.0. The Hall–Kier alpha value is -2.43. The third-order valence-electron chi connectivity index (χ3n) is 2.53. The topological polar surface area (TPSA) is 72.3 Å². The average Bonchev–Trinajstić information content (AvgIpc) is 2.38. The number of hydrogen-bond acceptors (Lipinski definition) is 4. The lowest BCUT2D eigenvalue weighted by molar-refractivity contribution is 0.0682. The molecule has 19 heavy (non-hydrogen) atoms. The Bertz CT molecular complexity index is 638. The van der Waals surface area contributed by atoms with E-state index in [4.69, 9.17) is 9.84 Å². The highest BCUT2D eigenvalue weighted by Crippen LogP contribution is 2.22. The number of aromatic nitrogens is 2. The number of aromatic carboxylic acids is 1. The van der Waals surface area contributed by atoms with Crippen LogP contribution in [0.1, 0.15) is 24.0 Å². The minimum Gasteiger partial charge on any atom is -0.477 e. The molecule has 0 aliphatic carbocycles. The van der Waals surface area contributed by atoms with Gasteiger partial charge >= 0.3 is 5.97 Å². The van der Waals surface area contributed by atoms with Gasteiger partial charge in [0.1, 0.15) is 0 Å². The molecule has 2 aromatic rings. The van der Waals surface area contributed by atoms with Crippen LogP contribution in [0.4, 0.5) is 0 Å². The van der Waals surface area contributed by atoms with E-state index < -0.39 is 5.97 Å². The Labute approximate surface area is 110 Å². The summed E-state index contributed by atoms with van der Waals surface area (Å²) < 4.78 is 5.55. The van der Waals surface area contributed by atoms with Gasteiger partial charge in [0.2, 0.25) is 11.7 Å². The van der Waals surface area contributed by atoms with Gasteiger partial charge in [-0.1, -0.05) is 17.7 Å². The fourth-order valence-electron chi connectivity index (χ4n) is 1.58. The molecule has 0 aliphatic rings. The first-order valence-electron chi connectivity index (χ1n) is 5.85. The second kappa shape index (κ2) is 5.48. The molecule has 0 saturated heterocycles. The maximum absolute atomic E-state index is 11.0. The van der Waals surface area contributed by atoms with E-state index >= 15 is 0 Å². The molecular weight excluding hydrogens is 244 g/mol. The van der Waals surface area contributed by atoms with Crippen LogP contribution in [0, 0.1) is 0 Å². The SMILES string of the molecule is C=C(C)CCOc1nc(C(=O)O)nc2ccccc12. The molecule has 5 nitrogen and oxygen atoms in total. The summed E-state index contributed by atoms with van der Waals surface area (Å²) in [7, 11) is 0. The summed E-state index contributed by atoms with van der Waals surface area (Å²) in [6.45, 7) is 6.11. The number of hydrogen-bond donors (Lipinski definition) is 1. The van der Waals surface area contributed by atoms with Crippen LogP contribution in [0.2, 0.25) is 0 Å². The van der Waals surface area contributed by atoms with E-state index in [9.17, 15) is 4.79 Å². The van der Waals surface area contributed by atoms with Gasteiger partial charge in [-0.05, 0) is 19.1 Å². The largest absolute Gasteiger partial charge is 0.477 e. The van der Waals surface area contributed by atoms with Crippen molar-refractivity contribution in [1.29, 1.82) is 0 Å². The van der Waals surface area contributed by atoms with Crippen molar-refractivity contribution in [3.8, 4) is 5.88 Å². The van der Waals surface area contributed by atoms with E-state index in [1.807, 2.05) is 13.0 Å². The van der Waals surface area contributed by atoms with Crippen molar-refractivity contribution in [3.05, 3.63) is 42.2 Å². The molecule has 1 aromatic carbocycles. The number of nitrogens with zero attached hydrogens (tertiary/aromatic N) is 2. The van der Waals surface area contributed by atoms with E-state index in [1.54, 1.807) is 18.2 Å². The van der Waals surface area contributed by atoms with E-state index in [0.29, 0.717) is 29.8 Å². The van der Waals surface area contributed by atoms with Crippen molar-refractivity contribution in [1.82, 2.24) is 9.97 Å². The summed E-state index contributed by atoms with van der Waals surface area (Å²) >= 11 is 0. The maximum atomic E-state index is 11.0. The summed E-state index contributed by atoms with van der Waals surface area (Å²) in [5.74, 6) is -1.14. The first-order valence-corrected chi connectivity index (χ1v) is 5.85. The molecule has 1 heterocycles. The molecule has 0 bridgehead atoms. The summed E-state index contributed by atoms with van der Waals surface area (Å²) in [5.41, 5.74) is 1.55. The van der Waals surface area contributed by atoms with Crippen molar-refractivity contribution in [2.75, 3.05) is 6.61 Å². The van der Waals surface area contributed by atoms with Gasteiger partial charge in [-0.25, -0.2) is 9.78 Å². The molecular formula is C14H14N2O3. The average molecular weight is 258 g/mol. The zero-order valence-electron chi connectivity index (χ0n) is 10.6. The second-order valence-corrected chi connectivity index (χ2v) is 4.23. The number of carbonyl (C=O) groups is 1. The van der Waals surface area contributed by atoms with Crippen molar-refractivity contribution in [2.45, 2.75) is 13.3 Å². The van der Waals surface area contributed by atoms with Gasteiger partial charge in [0.15, 0.2) is 0 Å². The number of rotatable bonds is 5. The highest BCUT2D eigenvalue weighted by atomic mass is 16.5. The molecule has 0 radical (unpaired) electrons. The monoisotopic (exact) mass is 258 g/mol. The van der Waals surface area contributed by atoms with E-state index in [-0.39, 0.29) is 5.82 Å². The minimum absolute atomic E-state index is 0.260. The van der Waals surface area contributed by atoms with E-state index in [2.05, 4.69) is 16.5 Å². The Kier molecular flexibility index (Phi) is 3.75. The normalized spacial score (nSPS) is 10.4. The van der Waals surface area contributed by atoms with Gasteiger partial charge < -0.3 is 9.84 Å². The molecule has 0 saturated carbocycles. The van der Waals surface area contributed by atoms with Gasteiger partial charge in [0, 0.05) is 6.42 Å². The van der Waals surface area contributed by atoms with Crippen molar-refractivity contribution >= 4 is 16.9 Å². The number of carboxylic acids is 1. The van der Waals surface area contributed by atoms with E-state index in [0.717, 1.165) is 5.57 Å². The molecule has 0 aliphatic heterocycles. The van der Waals surface area contributed by atoms with Gasteiger partial charge in [-0.3, -0.25) is 0 Å². The Balaban J connectivity index is 2.38. The summed E-state index contributed by atoms with van der Waals surface area (Å²) in [6.07, 6.45) is 0.695. The highest BCUT2D eigenvalue weighted by molar-refractivity contribution is 5.89. The van der Waals surface area contributed by atoms with Gasteiger partial charge in [0.05, 0.1) is 17.5 Å². The zero-order valence-corrected chi connectivity index (χ0v) is 10.6. The first-order chi connectivity index (χ1) is 9.08. The standard InChI is InChI=1S/C14H14N2O3/c1-9(2)7-8-19-13-10-5-3-4-6-11(10)15-12(16-13)14(17)18/h3-6H,1,7-8H2,2H3,(H,17,18). The molecule has 0 amide bonds. The van der Waals surface area contributed by atoms with Crippen molar-refractivity contribution in [2.24, 2.45) is 0 Å². The lowest BCUT2D eigenvalue weighted by atomic mass is 10.2. The number of fused-ring (bicyclic) bond motifs is 1. The van der Waals surface area contributed by atoms with Crippen LogP contribution in [0.15, 0.2) is 36.4 Å². The summed E-state index contributed by atoms with van der Waals surface area (Å²) in [4.78, 5) is 18.9. The molecule has 1 aromatic heterocycles. The van der Waals surface area contributed by atoms with Crippen LogP contribution in [0.25, 0.3) is 10.9 Å². The predicted molar refractivity (Wildman–Crippen MR) is 71.4 cm³/mol. The smallest absolute Gasteiger partial charge is 0.374 e. The Morgan fingerprint density at radius 3 is 2.79 bits per heavy atom. The minimum atomic E-state index is -1.17. The highest BCUT2D eigenvalue weighted by Gasteiger charge is 2.13. The van der Waals surface area contributed by atoms with Crippen molar-refractivity contribution < 1.29 is 14.6 Å². The van der Waals surface area contributed by atoms with Crippen LogP contribution >= 0.6 is 0 Å². The van der Waals surface area contributed by atoms with Crippen LogP contribution in [-0.2, 0) is 0 Å². The quantitative estimate of drug-likeness (QED) is 0.835. The Morgan fingerprint density at radius 2 is 2.11 bits per heavy atom. The molecule has 0 fully saturated rings. The number of para-hydroxylation sites is 1. The molecule has 98 valence electrons. The van der Waals surface area contributed by atoms with Crippen LogP contribution in [0.3, 0.4) is 0 Å². The lowest BCUT2D eigenvalue weighted by Gasteiger charge is -2.08. The lowest BCUT2D eigenvalue weighted by Crippen LogP contribution is -2.08. The van der Waals surface area contributed by atoms with Gasteiger partial charge in [-0.2, -0.15) is 4.98 Å². The zero-order chi connectivity index (χ0) is 13.8. The van der Waals surface area contributed by atoms with Crippen LogP contribution < -0.4 is 4.74 Å². The third-order valence-corrected chi connectivity index (χ3v) is 2.53. The summed E-state index contributed by atoms with van der Waals surface area (Å²) in [5, 5.41) is 9.69. The fraction of sp³-hybridized carbons (Fsp3) is 0.214.